The summed E-state index contributed by atoms with van der Waals surface area (Å²) in [7, 11) is 0. The maximum absolute atomic E-state index is 6.79. The van der Waals surface area contributed by atoms with Gasteiger partial charge in [-0.25, -0.2) is 0 Å². The molecule has 0 aliphatic rings. The first-order chi connectivity index (χ1) is 25.8. The molecule has 0 saturated heterocycles. The highest BCUT2D eigenvalue weighted by Gasteiger charge is 2.24. The van der Waals surface area contributed by atoms with Crippen molar-refractivity contribution in [2.75, 3.05) is 0 Å². The van der Waals surface area contributed by atoms with Crippen LogP contribution < -0.4 is 0 Å². The number of rotatable bonds is 4. The van der Waals surface area contributed by atoms with E-state index in [2.05, 4.69) is 182 Å². The van der Waals surface area contributed by atoms with Gasteiger partial charge in [-0.1, -0.05) is 170 Å². The number of furan rings is 1. The fourth-order valence-corrected chi connectivity index (χ4v) is 9.73. The molecule has 2 heteroatoms. The first-order valence-electron chi connectivity index (χ1n) is 17.8. The van der Waals surface area contributed by atoms with E-state index in [-0.39, 0.29) is 0 Å². The second-order valence-corrected chi connectivity index (χ2v) is 14.6. The largest absolute Gasteiger partial charge is 0.455 e. The Bertz CT molecular complexity index is 3100. The molecule has 0 radical (unpaired) electrons. The van der Waals surface area contributed by atoms with Crippen molar-refractivity contribution in [3.63, 3.8) is 0 Å². The quantitative estimate of drug-likeness (QED) is 0.169. The zero-order valence-corrected chi connectivity index (χ0v) is 29.0. The Hall–Kier alpha value is -6.48. The van der Waals surface area contributed by atoms with E-state index in [1.165, 1.54) is 80.1 Å². The van der Waals surface area contributed by atoms with Gasteiger partial charge in [-0.15, -0.1) is 11.3 Å². The molecule has 0 spiro atoms. The van der Waals surface area contributed by atoms with Gasteiger partial charge in [-0.05, 0) is 66.7 Å². The van der Waals surface area contributed by atoms with Gasteiger partial charge in [0, 0.05) is 42.2 Å². The minimum atomic E-state index is 0.908. The molecule has 0 saturated carbocycles. The summed E-state index contributed by atoms with van der Waals surface area (Å²) in [6, 6.07) is 65.9. The molecule has 0 amide bonds. The van der Waals surface area contributed by atoms with Crippen molar-refractivity contribution in [2.45, 2.75) is 0 Å². The van der Waals surface area contributed by atoms with Crippen LogP contribution in [-0.2, 0) is 0 Å². The van der Waals surface area contributed by atoms with E-state index in [0.717, 1.165) is 28.0 Å². The minimum absolute atomic E-state index is 0.908. The Kier molecular flexibility index (Phi) is 6.49. The molecule has 1 nitrogen and oxygen atoms in total. The summed E-state index contributed by atoms with van der Waals surface area (Å²) in [5.74, 6) is 0.908. The van der Waals surface area contributed by atoms with E-state index in [1.54, 1.807) is 0 Å². The van der Waals surface area contributed by atoms with Gasteiger partial charge in [-0.2, -0.15) is 0 Å². The zero-order chi connectivity index (χ0) is 34.2. The van der Waals surface area contributed by atoms with Crippen molar-refractivity contribution in [3.8, 4) is 44.7 Å². The Balaban J connectivity index is 1.25. The van der Waals surface area contributed by atoms with Gasteiger partial charge in [0.1, 0.15) is 11.3 Å². The smallest absolute Gasteiger partial charge is 0.143 e. The molecule has 0 unspecified atom stereocenters. The first kappa shape index (κ1) is 29.3. The topological polar surface area (TPSA) is 13.1 Å². The molecule has 11 aromatic rings. The number of thiophene rings is 1. The summed E-state index contributed by atoms with van der Waals surface area (Å²) in [6.45, 7) is 0. The Morgan fingerprint density at radius 1 is 0.346 bits per heavy atom. The van der Waals surface area contributed by atoms with Crippen LogP contribution >= 0.6 is 11.3 Å². The zero-order valence-electron chi connectivity index (χ0n) is 28.1. The predicted molar refractivity (Wildman–Crippen MR) is 223 cm³/mol. The Morgan fingerprint density at radius 3 is 1.56 bits per heavy atom. The molecular formula is C50H30OS. The second-order valence-electron chi connectivity index (χ2n) is 13.5. The lowest BCUT2D eigenvalue weighted by Crippen LogP contribution is -1.91. The van der Waals surface area contributed by atoms with Crippen LogP contribution in [0.2, 0.25) is 0 Å². The standard InChI is InChI=1S/C50H30OS/c1-3-16-32(17-4-1)44-48-42(51-49(44)33-18-5-2-6-19-33)29-30-43-47(48)41-28-14-27-40(50(41)52-43)46-38-24-11-9-22-36(38)45(37-23-10-12-25-39(37)46)35-26-13-20-31-15-7-8-21-34(31)35/h1-30H. The molecule has 0 fully saturated rings. The van der Waals surface area contributed by atoms with Crippen molar-refractivity contribution in [1.82, 2.24) is 0 Å². The number of fused-ring (bicyclic) bond motifs is 8. The van der Waals surface area contributed by atoms with Crippen LogP contribution in [-0.4, -0.2) is 0 Å². The molecule has 2 aromatic heterocycles. The van der Waals surface area contributed by atoms with Crippen LogP contribution in [0.25, 0.3) is 108 Å². The normalized spacial score (nSPS) is 11.8. The van der Waals surface area contributed by atoms with Crippen LogP contribution in [0.3, 0.4) is 0 Å². The lowest BCUT2D eigenvalue weighted by Gasteiger charge is -2.19. The van der Waals surface area contributed by atoms with E-state index in [9.17, 15) is 0 Å². The summed E-state index contributed by atoms with van der Waals surface area (Å²) < 4.78 is 9.34. The highest BCUT2D eigenvalue weighted by atomic mass is 32.1. The molecule has 0 atom stereocenters. The van der Waals surface area contributed by atoms with Crippen LogP contribution in [0.15, 0.2) is 186 Å². The molecule has 0 N–H and O–H groups in total. The predicted octanol–water partition coefficient (Wildman–Crippen LogP) is 14.9. The van der Waals surface area contributed by atoms with Gasteiger partial charge < -0.3 is 4.42 Å². The first-order valence-corrected chi connectivity index (χ1v) is 18.6. The second kappa shape index (κ2) is 11.5. The van der Waals surface area contributed by atoms with Crippen molar-refractivity contribution in [2.24, 2.45) is 0 Å². The lowest BCUT2D eigenvalue weighted by molar-refractivity contribution is 0.632. The summed E-state index contributed by atoms with van der Waals surface area (Å²) in [4.78, 5) is 0. The number of benzene rings is 9. The summed E-state index contributed by atoms with van der Waals surface area (Å²) in [6.07, 6.45) is 0. The highest BCUT2D eigenvalue weighted by Crippen LogP contribution is 2.51. The van der Waals surface area contributed by atoms with E-state index in [4.69, 9.17) is 4.42 Å². The van der Waals surface area contributed by atoms with Crippen LogP contribution in [0.5, 0.6) is 0 Å². The van der Waals surface area contributed by atoms with Gasteiger partial charge >= 0.3 is 0 Å². The van der Waals surface area contributed by atoms with E-state index >= 15 is 0 Å². The highest BCUT2D eigenvalue weighted by molar-refractivity contribution is 7.26. The number of hydrogen-bond donors (Lipinski definition) is 0. The van der Waals surface area contributed by atoms with Crippen molar-refractivity contribution < 1.29 is 4.42 Å². The third-order valence-electron chi connectivity index (χ3n) is 10.7. The van der Waals surface area contributed by atoms with E-state index in [0.29, 0.717) is 0 Å². The molecule has 9 aromatic carbocycles. The SMILES string of the molecule is c1ccc(-c2oc3ccc4sc5c(-c6c7ccccc7c(-c7cccc8ccccc78)c7ccccc67)cccc5c4c3c2-c2ccccc2)cc1. The lowest BCUT2D eigenvalue weighted by atomic mass is 9.84. The molecular weight excluding hydrogens is 649 g/mol. The van der Waals surface area contributed by atoms with Crippen LogP contribution in [0.4, 0.5) is 0 Å². The Morgan fingerprint density at radius 2 is 0.865 bits per heavy atom. The van der Waals surface area contributed by atoms with Crippen molar-refractivity contribution in [3.05, 3.63) is 182 Å². The van der Waals surface area contributed by atoms with Crippen LogP contribution in [0, 0.1) is 0 Å². The molecule has 242 valence electrons. The van der Waals surface area contributed by atoms with Crippen LogP contribution in [0.1, 0.15) is 0 Å². The molecule has 0 aliphatic carbocycles. The Labute approximate surface area is 304 Å². The van der Waals surface area contributed by atoms with Gasteiger partial charge in [0.2, 0.25) is 0 Å². The fourth-order valence-electron chi connectivity index (χ4n) is 8.50. The molecule has 0 bridgehead atoms. The van der Waals surface area contributed by atoms with Crippen molar-refractivity contribution >= 4 is 74.8 Å². The average molecular weight is 679 g/mol. The maximum Gasteiger partial charge on any atom is 0.143 e. The summed E-state index contributed by atoms with van der Waals surface area (Å²) in [5, 5.41) is 11.3. The van der Waals surface area contributed by atoms with Gasteiger partial charge in [0.25, 0.3) is 0 Å². The summed E-state index contributed by atoms with van der Waals surface area (Å²) >= 11 is 1.88. The van der Waals surface area contributed by atoms with E-state index in [1.807, 2.05) is 11.3 Å². The molecule has 2 heterocycles. The molecule has 52 heavy (non-hydrogen) atoms. The van der Waals surface area contributed by atoms with Gasteiger partial charge in [-0.3, -0.25) is 0 Å². The maximum atomic E-state index is 6.79. The number of hydrogen-bond acceptors (Lipinski definition) is 2. The van der Waals surface area contributed by atoms with Gasteiger partial charge in [0.15, 0.2) is 0 Å². The fraction of sp³-hybridized carbons (Fsp3) is 0. The van der Waals surface area contributed by atoms with Gasteiger partial charge in [0.05, 0.1) is 0 Å². The third-order valence-corrected chi connectivity index (χ3v) is 11.9. The monoisotopic (exact) mass is 678 g/mol. The third kappa shape index (κ3) is 4.28. The molecule has 11 rings (SSSR count). The average Bonchev–Trinajstić information content (AvgIpc) is 3.80. The van der Waals surface area contributed by atoms with Crippen molar-refractivity contribution in [1.29, 1.82) is 0 Å². The minimum Gasteiger partial charge on any atom is -0.455 e. The molecule has 0 aliphatic heterocycles. The van der Waals surface area contributed by atoms with E-state index < -0.39 is 0 Å². The summed E-state index contributed by atoms with van der Waals surface area (Å²) in [5.41, 5.74) is 9.39.